The van der Waals surface area contributed by atoms with Crippen molar-refractivity contribution in [1.29, 1.82) is 0 Å². The third-order valence-corrected chi connectivity index (χ3v) is 5.36. The third-order valence-electron chi connectivity index (χ3n) is 5.36. The first kappa shape index (κ1) is 17.5. The molecule has 25 heavy (non-hydrogen) atoms. The molecule has 0 unspecified atom stereocenters. The van der Waals surface area contributed by atoms with Crippen LogP contribution in [0.15, 0.2) is 30.3 Å². The van der Waals surface area contributed by atoms with Crippen LogP contribution in [0, 0.1) is 5.92 Å². The summed E-state index contributed by atoms with van der Waals surface area (Å²) in [5.41, 5.74) is 0.111. The first-order chi connectivity index (χ1) is 12.0. The Balaban J connectivity index is 1.52. The number of hydrogen-bond donors (Lipinski definition) is 2. The molecule has 2 fully saturated rings. The fraction of sp³-hybridized carbons (Fsp3) is 0.526. The Kier molecular flexibility index (Phi) is 5.06. The van der Waals surface area contributed by atoms with Gasteiger partial charge in [-0.2, -0.15) is 0 Å². The highest BCUT2D eigenvalue weighted by atomic mass is 16.4. The maximum atomic E-state index is 12.5. The summed E-state index contributed by atoms with van der Waals surface area (Å²) in [5, 5.41) is 12.0. The summed E-state index contributed by atoms with van der Waals surface area (Å²) in [6.07, 6.45) is 3.65. The highest BCUT2D eigenvalue weighted by Gasteiger charge is 2.41. The molecule has 1 heterocycles. The second kappa shape index (κ2) is 7.25. The fourth-order valence-electron chi connectivity index (χ4n) is 3.71. The molecule has 1 aliphatic heterocycles. The van der Waals surface area contributed by atoms with Crippen molar-refractivity contribution in [3.63, 3.8) is 0 Å². The van der Waals surface area contributed by atoms with Crippen molar-refractivity contribution >= 4 is 17.8 Å². The fourth-order valence-corrected chi connectivity index (χ4v) is 3.71. The van der Waals surface area contributed by atoms with Gasteiger partial charge in [0.15, 0.2) is 0 Å². The minimum Gasteiger partial charge on any atom is -0.481 e. The molecule has 2 aliphatic rings. The monoisotopic (exact) mass is 344 g/mol. The van der Waals surface area contributed by atoms with E-state index in [0.29, 0.717) is 31.5 Å². The van der Waals surface area contributed by atoms with Crippen molar-refractivity contribution in [2.45, 2.75) is 44.1 Å². The van der Waals surface area contributed by atoms with Crippen LogP contribution in [0.2, 0.25) is 0 Å². The Bertz CT molecular complexity index is 647. The van der Waals surface area contributed by atoms with E-state index >= 15 is 0 Å². The molecule has 6 nitrogen and oxygen atoms in total. The number of carboxylic acids is 1. The van der Waals surface area contributed by atoms with Gasteiger partial charge in [-0.25, -0.2) is 0 Å². The van der Waals surface area contributed by atoms with Crippen molar-refractivity contribution < 1.29 is 19.5 Å². The predicted octanol–water partition coefficient (Wildman–Crippen LogP) is 2.05. The SMILES string of the molecule is O=C(O)CC1(NC(=O)C2CCN(C(=O)c3ccccc3)CC2)CCC1. The van der Waals surface area contributed by atoms with Gasteiger partial charge in [-0.3, -0.25) is 14.4 Å². The Labute approximate surface area is 147 Å². The number of piperidine rings is 1. The van der Waals surface area contributed by atoms with Crippen molar-refractivity contribution in [2.24, 2.45) is 5.92 Å². The maximum Gasteiger partial charge on any atom is 0.305 e. The second-order valence-electron chi connectivity index (χ2n) is 7.13. The van der Waals surface area contributed by atoms with Gasteiger partial charge in [0.05, 0.1) is 12.0 Å². The van der Waals surface area contributed by atoms with Crippen LogP contribution in [0.1, 0.15) is 48.9 Å². The summed E-state index contributed by atoms with van der Waals surface area (Å²) in [6, 6.07) is 9.16. The van der Waals surface area contributed by atoms with Gasteiger partial charge in [-0.05, 0) is 44.2 Å². The summed E-state index contributed by atoms with van der Waals surface area (Å²) < 4.78 is 0. The molecule has 2 N–H and O–H groups in total. The van der Waals surface area contributed by atoms with Crippen molar-refractivity contribution in [3.05, 3.63) is 35.9 Å². The Morgan fingerprint density at radius 2 is 1.76 bits per heavy atom. The number of rotatable bonds is 5. The van der Waals surface area contributed by atoms with Crippen LogP contribution in [-0.2, 0) is 9.59 Å². The van der Waals surface area contributed by atoms with Crippen molar-refractivity contribution in [3.8, 4) is 0 Å². The van der Waals surface area contributed by atoms with E-state index in [-0.39, 0.29) is 24.2 Å². The Morgan fingerprint density at radius 3 is 2.28 bits per heavy atom. The van der Waals surface area contributed by atoms with Gasteiger partial charge in [-0.15, -0.1) is 0 Å². The highest BCUT2D eigenvalue weighted by Crippen LogP contribution is 2.35. The summed E-state index contributed by atoms with van der Waals surface area (Å²) in [6.45, 7) is 1.11. The molecule has 0 bridgehead atoms. The topological polar surface area (TPSA) is 86.7 Å². The number of carbonyl (C=O) groups is 3. The van der Waals surface area contributed by atoms with E-state index in [1.54, 1.807) is 17.0 Å². The van der Waals surface area contributed by atoms with Crippen LogP contribution >= 0.6 is 0 Å². The molecule has 0 spiro atoms. The number of nitrogens with zero attached hydrogens (tertiary/aromatic N) is 1. The van der Waals surface area contributed by atoms with Gasteiger partial charge in [0.1, 0.15) is 0 Å². The van der Waals surface area contributed by atoms with Gasteiger partial charge in [0, 0.05) is 24.6 Å². The molecule has 1 aliphatic carbocycles. The second-order valence-corrected chi connectivity index (χ2v) is 7.13. The van der Waals surface area contributed by atoms with Gasteiger partial charge in [0.25, 0.3) is 5.91 Å². The van der Waals surface area contributed by atoms with E-state index < -0.39 is 11.5 Å². The van der Waals surface area contributed by atoms with Gasteiger partial charge < -0.3 is 15.3 Å². The maximum absolute atomic E-state index is 12.5. The van der Waals surface area contributed by atoms with Crippen LogP contribution in [0.5, 0.6) is 0 Å². The molecular weight excluding hydrogens is 320 g/mol. The number of amides is 2. The smallest absolute Gasteiger partial charge is 0.305 e. The number of likely N-dealkylation sites (tertiary alicyclic amines) is 1. The van der Waals surface area contributed by atoms with Crippen LogP contribution in [0.25, 0.3) is 0 Å². The summed E-state index contributed by atoms with van der Waals surface area (Å²) >= 11 is 0. The van der Waals surface area contributed by atoms with Gasteiger partial charge in [-0.1, -0.05) is 18.2 Å². The van der Waals surface area contributed by atoms with Crippen molar-refractivity contribution in [1.82, 2.24) is 10.2 Å². The molecule has 0 radical (unpaired) electrons. The molecule has 1 saturated carbocycles. The van der Waals surface area contributed by atoms with Crippen molar-refractivity contribution in [2.75, 3.05) is 13.1 Å². The Morgan fingerprint density at radius 1 is 1.12 bits per heavy atom. The van der Waals surface area contributed by atoms with Gasteiger partial charge in [0.2, 0.25) is 5.91 Å². The zero-order chi connectivity index (χ0) is 17.9. The first-order valence-electron chi connectivity index (χ1n) is 8.87. The molecule has 1 saturated heterocycles. The molecule has 134 valence electrons. The number of carboxylic acid groups (broad SMARTS) is 1. The van der Waals surface area contributed by atoms with Gasteiger partial charge >= 0.3 is 5.97 Å². The molecule has 1 aromatic rings. The van der Waals surface area contributed by atoms with E-state index in [1.165, 1.54) is 0 Å². The lowest BCUT2D eigenvalue weighted by Crippen LogP contribution is -2.57. The lowest BCUT2D eigenvalue weighted by molar-refractivity contribution is -0.141. The molecule has 1 aromatic carbocycles. The number of hydrogen-bond acceptors (Lipinski definition) is 3. The van der Waals surface area contributed by atoms with E-state index in [1.807, 2.05) is 18.2 Å². The van der Waals surface area contributed by atoms with E-state index in [0.717, 1.165) is 19.3 Å². The molecule has 0 atom stereocenters. The van der Waals surface area contributed by atoms with E-state index in [9.17, 15) is 14.4 Å². The minimum atomic E-state index is -0.872. The standard InChI is InChI=1S/C19H24N2O4/c22-16(23)13-19(9-4-10-19)20-17(24)14-7-11-21(12-8-14)18(25)15-5-2-1-3-6-15/h1-3,5-6,14H,4,7-13H2,(H,20,24)(H,22,23). The molecule has 3 rings (SSSR count). The number of benzene rings is 1. The summed E-state index contributed by atoms with van der Waals surface area (Å²) in [5.74, 6) is -1.08. The zero-order valence-corrected chi connectivity index (χ0v) is 14.2. The molecular formula is C19H24N2O4. The lowest BCUT2D eigenvalue weighted by Gasteiger charge is -2.43. The summed E-state index contributed by atoms with van der Waals surface area (Å²) in [7, 11) is 0. The average molecular weight is 344 g/mol. The molecule has 0 aromatic heterocycles. The lowest BCUT2D eigenvalue weighted by atomic mass is 9.74. The third kappa shape index (κ3) is 4.00. The van der Waals surface area contributed by atoms with Crippen LogP contribution in [0.3, 0.4) is 0 Å². The van der Waals surface area contributed by atoms with E-state index in [2.05, 4.69) is 5.32 Å². The number of carbonyl (C=O) groups excluding carboxylic acids is 2. The largest absolute Gasteiger partial charge is 0.481 e. The number of aliphatic carboxylic acids is 1. The molecule has 6 heteroatoms. The van der Waals surface area contributed by atoms with Crippen LogP contribution < -0.4 is 5.32 Å². The van der Waals surface area contributed by atoms with Crippen LogP contribution in [-0.4, -0.2) is 46.4 Å². The van der Waals surface area contributed by atoms with E-state index in [4.69, 9.17) is 5.11 Å². The minimum absolute atomic E-state index is 0.000739. The predicted molar refractivity (Wildman–Crippen MR) is 92.0 cm³/mol. The average Bonchev–Trinajstić information content (AvgIpc) is 2.59. The first-order valence-corrected chi connectivity index (χ1v) is 8.87. The zero-order valence-electron chi connectivity index (χ0n) is 14.2. The van der Waals surface area contributed by atoms with Crippen LogP contribution in [0.4, 0.5) is 0 Å². The quantitative estimate of drug-likeness (QED) is 0.856. The highest BCUT2D eigenvalue weighted by molar-refractivity contribution is 5.94. The summed E-state index contributed by atoms with van der Waals surface area (Å²) in [4.78, 5) is 37.8. The Hall–Kier alpha value is -2.37. The molecule has 2 amide bonds. The number of nitrogens with one attached hydrogen (secondary N) is 1. The normalized spacial score (nSPS) is 19.8.